The van der Waals surface area contributed by atoms with Gasteiger partial charge in [-0.1, -0.05) is 30.3 Å². The van der Waals surface area contributed by atoms with Gasteiger partial charge in [0.25, 0.3) is 5.91 Å². The zero-order valence-electron chi connectivity index (χ0n) is 17.1. The fourth-order valence-electron chi connectivity index (χ4n) is 3.99. The highest BCUT2D eigenvalue weighted by atomic mass is 16.2. The van der Waals surface area contributed by atoms with Gasteiger partial charge in [-0.2, -0.15) is 5.10 Å². The molecule has 0 bridgehead atoms. The largest absolute Gasteiger partial charge is 0.340 e. The lowest BCUT2D eigenvalue weighted by atomic mass is 9.92. The Balaban J connectivity index is 1.44. The van der Waals surface area contributed by atoms with Crippen molar-refractivity contribution in [2.24, 2.45) is 0 Å². The zero-order chi connectivity index (χ0) is 20.9. The van der Waals surface area contributed by atoms with E-state index in [0.717, 1.165) is 30.6 Å². The van der Waals surface area contributed by atoms with Gasteiger partial charge in [0.2, 0.25) is 5.91 Å². The number of rotatable bonds is 6. The zero-order valence-corrected chi connectivity index (χ0v) is 17.1. The van der Waals surface area contributed by atoms with Crippen LogP contribution in [0.1, 0.15) is 40.4 Å². The number of carbonyl (C=O) groups excluding carboxylic acids is 2. The molecule has 156 valence electrons. The first-order valence-corrected chi connectivity index (χ1v) is 10.2. The molecule has 1 fully saturated rings. The van der Waals surface area contributed by atoms with E-state index in [1.165, 1.54) is 0 Å². The number of H-pyrrole nitrogens is 1. The summed E-state index contributed by atoms with van der Waals surface area (Å²) in [4.78, 5) is 33.3. The number of aromatic nitrogens is 4. The first-order chi connectivity index (χ1) is 14.6. The van der Waals surface area contributed by atoms with E-state index in [1.54, 1.807) is 41.4 Å². The van der Waals surface area contributed by atoms with Gasteiger partial charge >= 0.3 is 0 Å². The van der Waals surface area contributed by atoms with Crippen molar-refractivity contribution in [3.63, 3.8) is 0 Å². The quantitative estimate of drug-likeness (QED) is 0.680. The lowest BCUT2D eigenvalue weighted by Gasteiger charge is -2.33. The van der Waals surface area contributed by atoms with Gasteiger partial charge in [0.05, 0.1) is 23.8 Å². The molecule has 8 nitrogen and oxygen atoms in total. The molecule has 1 atom stereocenters. The predicted molar refractivity (Wildman–Crippen MR) is 112 cm³/mol. The number of aromatic amines is 1. The summed E-state index contributed by atoms with van der Waals surface area (Å²) in [6.45, 7) is 2.12. The van der Waals surface area contributed by atoms with Crippen LogP contribution in [-0.4, -0.2) is 61.5 Å². The van der Waals surface area contributed by atoms with E-state index in [4.69, 9.17) is 0 Å². The molecule has 1 aliphatic rings. The number of likely N-dealkylation sites (tertiary alicyclic amines) is 1. The monoisotopic (exact) mass is 406 g/mol. The highest BCUT2D eigenvalue weighted by Gasteiger charge is 2.29. The van der Waals surface area contributed by atoms with Crippen LogP contribution in [0.25, 0.3) is 0 Å². The van der Waals surface area contributed by atoms with Crippen LogP contribution >= 0.6 is 0 Å². The molecule has 30 heavy (non-hydrogen) atoms. The van der Waals surface area contributed by atoms with E-state index in [-0.39, 0.29) is 24.3 Å². The number of hydrogen-bond acceptors (Lipinski definition) is 4. The number of piperidine rings is 1. The standard InChI is InChI=1S/C22H26N6O2/c1-26(13-17-6-3-2-4-7-17)22(30)19-12-24-25-21(19)18-8-5-10-28(14-18)20(29)15-27-11-9-23-16-27/h2-4,6-7,9,11-12,16,18H,5,8,10,13-15H2,1H3,(H,24,25)/t18-/m1/s1. The summed E-state index contributed by atoms with van der Waals surface area (Å²) < 4.78 is 1.77. The Hall–Kier alpha value is -3.42. The van der Waals surface area contributed by atoms with Gasteiger partial charge in [-0.15, -0.1) is 0 Å². The van der Waals surface area contributed by atoms with E-state index < -0.39 is 0 Å². The molecule has 0 saturated carbocycles. The van der Waals surface area contributed by atoms with Gasteiger partial charge in [0.1, 0.15) is 6.54 Å². The second kappa shape index (κ2) is 8.94. The molecule has 3 aromatic rings. The molecule has 1 N–H and O–H groups in total. The van der Waals surface area contributed by atoms with Gasteiger partial charge in [-0.3, -0.25) is 14.7 Å². The summed E-state index contributed by atoms with van der Waals surface area (Å²) in [5.41, 5.74) is 2.48. The molecule has 1 aliphatic heterocycles. The topological polar surface area (TPSA) is 87.1 Å². The van der Waals surface area contributed by atoms with Gasteiger partial charge in [-0.25, -0.2) is 4.98 Å². The Morgan fingerprint density at radius 2 is 2.10 bits per heavy atom. The normalized spacial score (nSPS) is 16.4. The number of benzene rings is 1. The van der Waals surface area contributed by atoms with Crippen molar-refractivity contribution in [1.82, 2.24) is 29.5 Å². The Kier molecular flexibility index (Phi) is 5.92. The van der Waals surface area contributed by atoms with Gasteiger partial charge in [0, 0.05) is 45.0 Å². The van der Waals surface area contributed by atoms with Crippen molar-refractivity contribution < 1.29 is 9.59 Å². The van der Waals surface area contributed by atoms with Crippen LogP contribution in [0, 0.1) is 0 Å². The maximum atomic E-state index is 13.1. The maximum absolute atomic E-state index is 13.1. The highest BCUT2D eigenvalue weighted by Crippen LogP contribution is 2.28. The van der Waals surface area contributed by atoms with Crippen molar-refractivity contribution >= 4 is 11.8 Å². The SMILES string of the molecule is CN(Cc1ccccc1)C(=O)c1cn[nH]c1[C@@H]1CCCN(C(=O)Cn2ccnc2)C1. The summed E-state index contributed by atoms with van der Waals surface area (Å²) >= 11 is 0. The molecule has 1 saturated heterocycles. The third-order valence-electron chi connectivity index (χ3n) is 5.57. The van der Waals surface area contributed by atoms with Gasteiger partial charge < -0.3 is 14.4 Å². The molecule has 3 heterocycles. The van der Waals surface area contributed by atoms with Crippen LogP contribution in [0.3, 0.4) is 0 Å². The lowest BCUT2D eigenvalue weighted by Crippen LogP contribution is -2.41. The third kappa shape index (κ3) is 4.42. The molecular weight excluding hydrogens is 380 g/mol. The second-order valence-corrected chi connectivity index (χ2v) is 7.76. The average molecular weight is 406 g/mol. The Morgan fingerprint density at radius 3 is 2.87 bits per heavy atom. The number of carbonyl (C=O) groups is 2. The van der Waals surface area contributed by atoms with Crippen molar-refractivity contribution in [3.8, 4) is 0 Å². The highest BCUT2D eigenvalue weighted by molar-refractivity contribution is 5.95. The van der Waals surface area contributed by atoms with Crippen molar-refractivity contribution in [3.05, 3.63) is 72.1 Å². The number of hydrogen-bond donors (Lipinski definition) is 1. The van der Waals surface area contributed by atoms with Gasteiger partial charge in [0.15, 0.2) is 0 Å². The van der Waals surface area contributed by atoms with E-state index in [9.17, 15) is 9.59 Å². The summed E-state index contributed by atoms with van der Waals surface area (Å²) in [6, 6.07) is 9.90. The molecular formula is C22H26N6O2. The number of amides is 2. The first kappa shape index (κ1) is 19.9. The van der Waals surface area contributed by atoms with E-state index in [2.05, 4.69) is 15.2 Å². The average Bonchev–Trinajstić information content (AvgIpc) is 3.46. The lowest BCUT2D eigenvalue weighted by molar-refractivity contribution is -0.133. The van der Waals surface area contributed by atoms with Crippen LogP contribution < -0.4 is 0 Å². The Labute approximate surface area is 175 Å². The van der Waals surface area contributed by atoms with Crippen LogP contribution in [-0.2, 0) is 17.9 Å². The first-order valence-electron chi connectivity index (χ1n) is 10.2. The van der Waals surface area contributed by atoms with Crippen molar-refractivity contribution in [2.75, 3.05) is 20.1 Å². The minimum absolute atomic E-state index is 0.0614. The van der Waals surface area contributed by atoms with Crippen molar-refractivity contribution in [2.45, 2.75) is 31.8 Å². The minimum Gasteiger partial charge on any atom is -0.340 e. The van der Waals surface area contributed by atoms with Gasteiger partial charge in [-0.05, 0) is 18.4 Å². The number of imidazole rings is 1. The van der Waals surface area contributed by atoms with E-state index in [1.807, 2.05) is 35.2 Å². The summed E-state index contributed by atoms with van der Waals surface area (Å²) in [6.07, 6.45) is 8.51. The van der Waals surface area contributed by atoms with Crippen LogP contribution in [0.15, 0.2) is 55.2 Å². The number of nitrogens with one attached hydrogen (secondary N) is 1. The molecule has 0 unspecified atom stereocenters. The molecule has 8 heteroatoms. The van der Waals surface area contributed by atoms with Crippen LogP contribution in [0.5, 0.6) is 0 Å². The molecule has 0 aliphatic carbocycles. The predicted octanol–water partition coefficient (Wildman–Crippen LogP) is 2.28. The maximum Gasteiger partial charge on any atom is 0.257 e. The molecule has 0 radical (unpaired) electrons. The molecule has 4 rings (SSSR count). The fraction of sp³-hybridized carbons (Fsp3) is 0.364. The van der Waals surface area contributed by atoms with Crippen LogP contribution in [0.2, 0.25) is 0 Å². The summed E-state index contributed by atoms with van der Waals surface area (Å²) in [7, 11) is 1.80. The Bertz CT molecular complexity index is 982. The fourth-order valence-corrected chi connectivity index (χ4v) is 3.99. The molecule has 1 aromatic carbocycles. The minimum atomic E-state index is -0.0653. The Morgan fingerprint density at radius 1 is 1.27 bits per heavy atom. The third-order valence-corrected chi connectivity index (χ3v) is 5.57. The smallest absolute Gasteiger partial charge is 0.257 e. The van der Waals surface area contributed by atoms with E-state index in [0.29, 0.717) is 18.7 Å². The molecule has 2 amide bonds. The van der Waals surface area contributed by atoms with Crippen molar-refractivity contribution in [1.29, 1.82) is 0 Å². The summed E-state index contributed by atoms with van der Waals surface area (Å²) in [5, 5.41) is 7.18. The number of nitrogens with zero attached hydrogens (tertiary/aromatic N) is 5. The molecule has 2 aromatic heterocycles. The van der Waals surface area contributed by atoms with Crippen LogP contribution in [0.4, 0.5) is 0 Å². The summed E-state index contributed by atoms with van der Waals surface area (Å²) in [5.74, 6) is 0.0628. The second-order valence-electron chi connectivity index (χ2n) is 7.76. The molecule has 0 spiro atoms. The van der Waals surface area contributed by atoms with E-state index >= 15 is 0 Å².